The molecular weight excluding hydrogens is 365 g/mol. The van der Waals surface area contributed by atoms with Crippen LogP contribution < -0.4 is 4.74 Å². The van der Waals surface area contributed by atoms with Gasteiger partial charge in [-0.15, -0.1) is 10.2 Å². The Bertz CT molecular complexity index is 1140. The van der Waals surface area contributed by atoms with Gasteiger partial charge in [0, 0.05) is 11.2 Å². The van der Waals surface area contributed by atoms with Gasteiger partial charge in [-0.05, 0) is 54.8 Å². The molecule has 0 bridgehead atoms. The van der Waals surface area contributed by atoms with Gasteiger partial charge in [-0.2, -0.15) is 0 Å². The van der Waals surface area contributed by atoms with E-state index in [0.717, 1.165) is 18.7 Å². The molecule has 0 aliphatic heterocycles. The number of para-hydroxylation sites is 1. The number of ether oxygens (including phenoxy) is 1. The highest BCUT2D eigenvalue weighted by Crippen LogP contribution is 2.53. The van der Waals surface area contributed by atoms with E-state index in [-0.39, 0.29) is 11.2 Å². The van der Waals surface area contributed by atoms with Crippen molar-refractivity contribution in [1.82, 2.24) is 14.6 Å². The van der Waals surface area contributed by atoms with Gasteiger partial charge in [-0.25, -0.2) is 4.39 Å². The van der Waals surface area contributed by atoms with Crippen LogP contribution in [0.15, 0.2) is 66.9 Å². The first-order valence-corrected chi connectivity index (χ1v) is 9.08. The average Bonchev–Trinajstić information content (AvgIpc) is 3.36. The van der Waals surface area contributed by atoms with Crippen LogP contribution in [0.2, 0.25) is 5.02 Å². The molecule has 2 aromatic heterocycles. The lowest BCUT2D eigenvalue weighted by atomic mass is 9.95. The number of halogens is 2. The van der Waals surface area contributed by atoms with Crippen LogP contribution >= 0.6 is 11.6 Å². The second-order valence-corrected chi connectivity index (χ2v) is 7.15. The summed E-state index contributed by atoms with van der Waals surface area (Å²) in [6, 6.07) is 17.8. The highest BCUT2D eigenvalue weighted by molar-refractivity contribution is 6.30. The lowest BCUT2D eigenvalue weighted by Gasteiger charge is -2.14. The minimum Gasteiger partial charge on any atom is -0.450 e. The van der Waals surface area contributed by atoms with E-state index in [1.165, 1.54) is 11.6 Å². The second-order valence-electron chi connectivity index (χ2n) is 6.71. The molecule has 2 heterocycles. The fourth-order valence-corrected chi connectivity index (χ4v) is 3.60. The molecular formula is C21H15ClFN3O. The van der Waals surface area contributed by atoms with Crippen molar-refractivity contribution in [3.05, 3.63) is 89.1 Å². The monoisotopic (exact) mass is 379 g/mol. The predicted molar refractivity (Wildman–Crippen MR) is 101 cm³/mol. The fourth-order valence-electron chi connectivity index (χ4n) is 3.48. The van der Waals surface area contributed by atoms with Crippen LogP contribution in [0.25, 0.3) is 5.65 Å². The number of hydrogen-bond acceptors (Lipinski definition) is 3. The highest BCUT2D eigenvalue weighted by Gasteiger charge is 2.49. The average molecular weight is 380 g/mol. The number of rotatable bonds is 4. The van der Waals surface area contributed by atoms with E-state index < -0.39 is 5.82 Å². The molecule has 27 heavy (non-hydrogen) atoms. The number of nitrogens with zero attached hydrogens (tertiary/aromatic N) is 3. The fraction of sp³-hybridized carbons (Fsp3) is 0.143. The van der Waals surface area contributed by atoms with E-state index >= 15 is 0 Å². The van der Waals surface area contributed by atoms with Gasteiger partial charge in [-0.1, -0.05) is 35.9 Å². The summed E-state index contributed by atoms with van der Waals surface area (Å²) < 4.78 is 21.7. The molecule has 1 aliphatic carbocycles. The zero-order valence-electron chi connectivity index (χ0n) is 14.3. The third-order valence-corrected chi connectivity index (χ3v) is 5.28. The molecule has 134 valence electrons. The van der Waals surface area contributed by atoms with Crippen LogP contribution in [-0.4, -0.2) is 14.6 Å². The summed E-state index contributed by atoms with van der Waals surface area (Å²) in [6.45, 7) is 0. The van der Waals surface area contributed by atoms with E-state index in [2.05, 4.69) is 10.2 Å². The first kappa shape index (κ1) is 16.3. The normalized spacial score (nSPS) is 15.0. The maximum absolute atomic E-state index is 14.0. The van der Waals surface area contributed by atoms with Crippen molar-refractivity contribution in [1.29, 1.82) is 0 Å². The number of pyridine rings is 1. The molecule has 2 aromatic carbocycles. The molecule has 1 aliphatic rings. The van der Waals surface area contributed by atoms with Gasteiger partial charge < -0.3 is 4.74 Å². The molecule has 0 atom stereocenters. The van der Waals surface area contributed by atoms with Gasteiger partial charge >= 0.3 is 0 Å². The largest absolute Gasteiger partial charge is 0.450 e. The third kappa shape index (κ3) is 2.66. The Kier molecular flexibility index (Phi) is 3.65. The van der Waals surface area contributed by atoms with Crippen LogP contribution in [0.3, 0.4) is 0 Å². The molecule has 0 radical (unpaired) electrons. The van der Waals surface area contributed by atoms with Crippen LogP contribution in [0.4, 0.5) is 4.39 Å². The van der Waals surface area contributed by atoms with Gasteiger partial charge in [0.2, 0.25) is 5.65 Å². The van der Waals surface area contributed by atoms with Gasteiger partial charge in [0.05, 0.1) is 5.41 Å². The molecule has 1 saturated carbocycles. The molecule has 0 spiro atoms. The zero-order valence-corrected chi connectivity index (χ0v) is 15.0. The van der Waals surface area contributed by atoms with Crippen LogP contribution in [0, 0.1) is 5.82 Å². The molecule has 4 aromatic rings. The summed E-state index contributed by atoms with van der Waals surface area (Å²) >= 11 is 6.03. The molecule has 0 unspecified atom stereocenters. The lowest BCUT2D eigenvalue weighted by molar-refractivity contribution is 0.444. The smallest absolute Gasteiger partial charge is 0.203 e. The summed E-state index contributed by atoms with van der Waals surface area (Å²) in [7, 11) is 0. The number of hydrogen-bond donors (Lipinski definition) is 0. The van der Waals surface area contributed by atoms with Crippen molar-refractivity contribution in [2.24, 2.45) is 0 Å². The van der Waals surface area contributed by atoms with E-state index in [4.69, 9.17) is 16.3 Å². The van der Waals surface area contributed by atoms with E-state index in [9.17, 15) is 4.39 Å². The predicted octanol–water partition coefficient (Wildman–Crippen LogP) is 5.39. The zero-order chi connectivity index (χ0) is 18.4. The van der Waals surface area contributed by atoms with Crippen molar-refractivity contribution < 1.29 is 9.13 Å². The van der Waals surface area contributed by atoms with Gasteiger partial charge in [-0.3, -0.25) is 4.40 Å². The van der Waals surface area contributed by atoms with E-state index in [1.807, 2.05) is 40.9 Å². The van der Waals surface area contributed by atoms with Crippen LogP contribution in [-0.2, 0) is 5.41 Å². The number of aromatic nitrogens is 3. The van der Waals surface area contributed by atoms with Crippen molar-refractivity contribution in [3.8, 4) is 11.5 Å². The quantitative estimate of drug-likeness (QED) is 0.477. The topological polar surface area (TPSA) is 39.4 Å². The van der Waals surface area contributed by atoms with E-state index in [0.29, 0.717) is 16.4 Å². The molecule has 0 saturated heterocycles. The van der Waals surface area contributed by atoms with Crippen LogP contribution in [0.1, 0.15) is 24.2 Å². The Hall–Kier alpha value is -2.92. The van der Waals surface area contributed by atoms with Crippen molar-refractivity contribution in [3.63, 3.8) is 0 Å². The Balaban J connectivity index is 1.58. The highest BCUT2D eigenvalue weighted by atomic mass is 35.5. The maximum Gasteiger partial charge on any atom is 0.203 e. The van der Waals surface area contributed by atoms with Gasteiger partial charge in [0.15, 0.2) is 17.3 Å². The molecule has 5 rings (SSSR count). The van der Waals surface area contributed by atoms with Gasteiger partial charge in [0.25, 0.3) is 0 Å². The molecule has 0 N–H and O–H groups in total. The summed E-state index contributed by atoms with van der Waals surface area (Å²) in [5.74, 6) is 1.07. The molecule has 0 amide bonds. The van der Waals surface area contributed by atoms with Crippen molar-refractivity contribution in [2.75, 3.05) is 0 Å². The first-order chi connectivity index (χ1) is 13.2. The van der Waals surface area contributed by atoms with Crippen molar-refractivity contribution in [2.45, 2.75) is 18.3 Å². The Morgan fingerprint density at radius 3 is 2.41 bits per heavy atom. The summed E-state index contributed by atoms with van der Waals surface area (Å²) in [6.07, 6.45) is 3.90. The first-order valence-electron chi connectivity index (χ1n) is 8.70. The van der Waals surface area contributed by atoms with E-state index in [1.54, 1.807) is 24.3 Å². The SMILES string of the molecule is Fc1ccccc1Oc1cccn2c(C3(c4ccc(Cl)cc4)CC3)nnc12. The summed E-state index contributed by atoms with van der Waals surface area (Å²) in [4.78, 5) is 0. The van der Waals surface area contributed by atoms with Gasteiger partial charge in [0.1, 0.15) is 5.82 Å². The molecule has 6 heteroatoms. The summed E-state index contributed by atoms with van der Waals surface area (Å²) in [5.41, 5.74) is 1.57. The third-order valence-electron chi connectivity index (χ3n) is 5.03. The number of benzene rings is 2. The minimum atomic E-state index is -0.418. The standard InChI is InChI=1S/C21H15ClFN3O/c22-15-9-7-14(8-10-15)21(11-12-21)20-25-24-19-18(6-3-13-26(19)20)27-17-5-2-1-4-16(17)23/h1-10,13H,11-12H2. The Morgan fingerprint density at radius 2 is 1.67 bits per heavy atom. The summed E-state index contributed by atoms with van der Waals surface area (Å²) in [5, 5.41) is 9.50. The second kappa shape index (κ2) is 6.06. The number of fused-ring (bicyclic) bond motifs is 1. The van der Waals surface area contributed by atoms with Crippen molar-refractivity contribution >= 4 is 17.2 Å². The Morgan fingerprint density at radius 1 is 0.926 bits per heavy atom. The molecule has 4 nitrogen and oxygen atoms in total. The molecule has 1 fully saturated rings. The lowest BCUT2D eigenvalue weighted by Crippen LogP contribution is -2.13. The Labute approximate surface area is 160 Å². The van der Waals surface area contributed by atoms with Crippen LogP contribution in [0.5, 0.6) is 11.5 Å². The minimum absolute atomic E-state index is 0.161. The maximum atomic E-state index is 14.0.